The van der Waals surface area contributed by atoms with Gasteiger partial charge in [0.15, 0.2) is 0 Å². The van der Waals surface area contributed by atoms with Crippen LogP contribution in [0.4, 0.5) is 4.79 Å². The van der Waals surface area contributed by atoms with Crippen molar-refractivity contribution in [1.82, 2.24) is 9.80 Å². The molecule has 2 amide bonds. The summed E-state index contributed by atoms with van der Waals surface area (Å²) in [5, 5.41) is 9.67. The van der Waals surface area contributed by atoms with Crippen molar-refractivity contribution in [3.8, 4) is 0 Å². The van der Waals surface area contributed by atoms with Gasteiger partial charge in [-0.25, -0.2) is 9.59 Å². The van der Waals surface area contributed by atoms with Crippen LogP contribution in [0, 0.1) is 5.92 Å². The standard InChI is InChI=1S/C21H30N2O5/c1-6-12-28-21(27)23(5)17(13-15(2)3)19(24)22(4)18(20(25)26)14-16-10-8-7-9-11-16/h6-11,15,17-18H,1,12-14H2,2-5H3,(H,25,26)/t17-,18-/m1/s1. The molecule has 1 aromatic rings. The van der Waals surface area contributed by atoms with E-state index < -0.39 is 30.1 Å². The van der Waals surface area contributed by atoms with Crippen molar-refractivity contribution < 1.29 is 24.2 Å². The first-order chi connectivity index (χ1) is 13.2. The Balaban J connectivity index is 3.04. The average Bonchev–Trinajstić information content (AvgIpc) is 2.67. The van der Waals surface area contributed by atoms with Crippen LogP contribution in [-0.4, -0.2) is 65.7 Å². The normalized spacial score (nSPS) is 12.8. The van der Waals surface area contributed by atoms with Gasteiger partial charge in [-0.1, -0.05) is 56.8 Å². The number of carboxylic acids is 1. The van der Waals surface area contributed by atoms with Crippen LogP contribution in [0.5, 0.6) is 0 Å². The highest BCUT2D eigenvalue weighted by atomic mass is 16.6. The van der Waals surface area contributed by atoms with Gasteiger partial charge < -0.3 is 14.7 Å². The number of nitrogens with zero attached hydrogens (tertiary/aromatic N) is 2. The van der Waals surface area contributed by atoms with Crippen molar-refractivity contribution >= 4 is 18.0 Å². The molecular formula is C21H30N2O5. The van der Waals surface area contributed by atoms with Crippen molar-refractivity contribution in [3.63, 3.8) is 0 Å². The summed E-state index contributed by atoms with van der Waals surface area (Å²) in [4.78, 5) is 39.6. The highest BCUT2D eigenvalue weighted by Gasteiger charge is 2.35. The minimum atomic E-state index is -1.10. The predicted molar refractivity (Wildman–Crippen MR) is 107 cm³/mol. The van der Waals surface area contributed by atoms with E-state index in [1.165, 1.54) is 30.0 Å². The lowest BCUT2D eigenvalue weighted by atomic mass is 9.99. The van der Waals surface area contributed by atoms with Gasteiger partial charge >= 0.3 is 12.1 Å². The molecule has 7 nitrogen and oxygen atoms in total. The van der Waals surface area contributed by atoms with E-state index in [2.05, 4.69) is 6.58 Å². The fourth-order valence-corrected chi connectivity index (χ4v) is 2.85. The molecule has 2 atom stereocenters. The van der Waals surface area contributed by atoms with Gasteiger partial charge in [-0.3, -0.25) is 9.69 Å². The van der Waals surface area contributed by atoms with Gasteiger partial charge in [0, 0.05) is 20.5 Å². The van der Waals surface area contributed by atoms with Crippen LogP contribution >= 0.6 is 0 Å². The van der Waals surface area contributed by atoms with Crippen LogP contribution in [0.2, 0.25) is 0 Å². The molecule has 0 unspecified atom stereocenters. The number of aliphatic carboxylic acids is 1. The first kappa shape index (κ1) is 23.2. The number of carbonyl (C=O) groups excluding carboxylic acids is 2. The Hall–Kier alpha value is -2.83. The molecule has 1 aromatic carbocycles. The van der Waals surface area contributed by atoms with Crippen LogP contribution < -0.4 is 0 Å². The van der Waals surface area contributed by atoms with Gasteiger partial charge in [0.2, 0.25) is 5.91 Å². The highest BCUT2D eigenvalue weighted by Crippen LogP contribution is 2.17. The van der Waals surface area contributed by atoms with Gasteiger partial charge in [-0.2, -0.15) is 0 Å². The Labute approximate surface area is 166 Å². The molecular weight excluding hydrogens is 360 g/mol. The molecule has 154 valence electrons. The van der Waals surface area contributed by atoms with Crippen LogP contribution in [0.25, 0.3) is 0 Å². The maximum Gasteiger partial charge on any atom is 0.410 e. The first-order valence-electron chi connectivity index (χ1n) is 9.22. The summed E-state index contributed by atoms with van der Waals surface area (Å²) in [7, 11) is 2.94. The summed E-state index contributed by atoms with van der Waals surface area (Å²) in [5.41, 5.74) is 0.814. The quantitative estimate of drug-likeness (QED) is 0.621. The number of likely N-dealkylation sites (N-methyl/N-ethyl adjacent to an activating group) is 2. The SMILES string of the molecule is C=CCOC(=O)N(C)[C@H](CC(C)C)C(=O)N(C)[C@H](Cc1ccccc1)C(=O)O. The second-order valence-corrected chi connectivity index (χ2v) is 7.11. The number of rotatable bonds is 10. The molecule has 1 N–H and O–H groups in total. The molecule has 0 saturated carbocycles. The van der Waals surface area contributed by atoms with Crippen molar-refractivity contribution in [2.75, 3.05) is 20.7 Å². The lowest BCUT2D eigenvalue weighted by molar-refractivity contribution is -0.151. The van der Waals surface area contributed by atoms with E-state index >= 15 is 0 Å². The molecule has 0 aliphatic heterocycles. The van der Waals surface area contributed by atoms with Crippen molar-refractivity contribution in [1.29, 1.82) is 0 Å². The molecule has 0 bridgehead atoms. The summed E-state index contributed by atoms with van der Waals surface area (Å²) in [5.74, 6) is -1.41. The average molecular weight is 390 g/mol. The molecule has 0 radical (unpaired) electrons. The third kappa shape index (κ3) is 6.72. The lowest BCUT2D eigenvalue weighted by Gasteiger charge is -2.33. The molecule has 0 fully saturated rings. The van der Waals surface area contributed by atoms with Crippen molar-refractivity contribution in [2.45, 2.75) is 38.8 Å². The summed E-state index contributed by atoms with van der Waals surface area (Å²) in [6, 6.07) is 7.26. The Bertz CT molecular complexity index is 675. The van der Waals surface area contributed by atoms with Crippen LogP contribution in [0.15, 0.2) is 43.0 Å². The first-order valence-corrected chi connectivity index (χ1v) is 9.22. The van der Waals surface area contributed by atoms with Crippen LogP contribution in [0.3, 0.4) is 0 Å². The van der Waals surface area contributed by atoms with Gasteiger partial charge in [0.05, 0.1) is 0 Å². The number of amides is 2. The number of carbonyl (C=O) groups is 3. The van der Waals surface area contributed by atoms with Crippen molar-refractivity contribution in [2.24, 2.45) is 5.92 Å². The molecule has 0 spiro atoms. The van der Waals surface area contributed by atoms with Crippen LogP contribution in [0.1, 0.15) is 25.8 Å². The Morgan fingerprint density at radius 2 is 1.71 bits per heavy atom. The summed E-state index contributed by atoms with van der Waals surface area (Å²) in [6.45, 7) is 7.39. The van der Waals surface area contributed by atoms with Crippen molar-refractivity contribution in [3.05, 3.63) is 48.6 Å². The number of carboxylic acid groups (broad SMARTS) is 1. The molecule has 0 saturated heterocycles. The number of hydrogen-bond donors (Lipinski definition) is 1. The molecule has 0 aliphatic carbocycles. The second kappa shape index (κ2) is 11.1. The fraction of sp³-hybridized carbons (Fsp3) is 0.476. The van der Waals surface area contributed by atoms with E-state index in [-0.39, 0.29) is 18.9 Å². The topological polar surface area (TPSA) is 87.2 Å². The Morgan fingerprint density at radius 1 is 1.11 bits per heavy atom. The Kier molecular flexibility index (Phi) is 9.21. The molecule has 0 heterocycles. The molecule has 7 heteroatoms. The summed E-state index contributed by atoms with van der Waals surface area (Å²) in [6.07, 6.45) is 1.36. The zero-order valence-electron chi connectivity index (χ0n) is 17.0. The predicted octanol–water partition coefficient (Wildman–Crippen LogP) is 2.81. The third-order valence-corrected chi connectivity index (χ3v) is 4.43. The lowest BCUT2D eigenvalue weighted by Crippen LogP contribution is -2.53. The summed E-state index contributed by atoms with van der Waals surface area (Å²) < 4.78 is 5.03. The third-order valence-electron chi connectivity index (χ3n) is 4.43. The minimum Gasteiger partial charge on any atom is -0.480 e. The second-order valence-electron chi connectivity index (χ2n) is 7.11. The maximum absolute atomic E-state index is 13.1. The molecule has 1 rings (SSSR count). The molecule has 28 heavy (non-hydrogen) atoms. The van der Waals surface area contributed by atoms with Gasteiger partial charge in [-0.15, -0.1) is 0 Å². The van der Waals surface area contributed by atoms with Crippen LogP contribution in [-0.2, 0) is 20.7 Å². The number of benzene rings is 1. The van der Waals surface area contributed by atoms with Gasteiger partial charge in [0.1, 0.15) is 18.7 Å². The van der Waals surface area contributed by atoms with E-state index in [1.54, 1.807) is 0 Å². The van der Waals surface area contributed by atoms with E-state index in [9.17, 15) is 19.5 Å². The Morgan fingerprint density at radius 3 is 2.21 bits per heavy atom. The maximum atomic E-state index is 13.1. The largest absolute Gasteiger partial charge is 0.480 e. The monoisotopic (exact) mass is 390 g/mol. The van der Waals surface area contributed by atoms with E-state index in [4.69, 9.17) is 4.74 Å². The van der Waals surface area contributed by atoms with E-state index in [1.807, 2.05) is 44.2 Å². The van der Waals surface area contributed by atoms with E-state index in [0.29, 0.717) is 6.42 Å². The zero-order valence-corrected chi connectivity index (χ0v) is 17.0. The smallest absolute Gasteiger partial charge is 0.410 e. The number of hydrogen-bond acceptors (Lipinski definition) is 4. The zero-order chi connectivity index (χ0) is 21.3. The van der Waals surface area contributed by atoms with Gasteiger partial charge in [0.25, 0.3) is 0 Å². The van der Waals surface area contributed by atoms with Gasteiger partial charge in [-0.05, 0) is 17.9 Å². The summed E-state index contributed by atoms with van der Waals surface area (Å²) >= 11 is 0. The minimum absolute atomic E-state index is 0.0351. The fourth-order valence-electron chi connectivity index (χ4n) is 2.85. The number of ether oxygens (including phenoxy) is 1. The highest BCUT2D eigenvalue weighted by molar-refractivity contribution is 5.89. The van der Waals surface area contributed by atoms with E-state index in [0.717, 1.165) is 5.56 Å². The molecule has 0 aromatic heterocycles. The molecule has 0 aliphatic rings.